The van der Waals surface area contributed by atoms with Crippen LogP contribution < -0.4 is 9.47 Å². The Bertz CT molecular complexity index is 297. The monoisotopic (exact) mass is 243 g/mol. The van der Waals surface area contributed by atoms with Crippen LogP contribution in [0.4, 0.5) is 0 Å². The van der Waals surface area contributed by atoms with Gasteiger partial charge in [-0.15, -0.1) is 0 Å². The van der Waals surface area contributed by atoms with Crippen molar-refractivity contribution in [1.29, 1.82) is 0 Å². The minimum Gasteiger partial charge on any atom is -0.496 e. The van der Waals surface area contributed by atoms with E-state index in [0.717, 1.165) is 28.0 Å². The predicted octanol–water partition coefficient (Wildman–Crippen LogP) is 2.78. The van der Waals surface area contributed by atoms with E-state index < -0.39 is 0 Å². The van der Waals surface area contributed by atoms with Crippen LogP contribution in [0.2, 0.25) is 0 Å². The zero-order valence-electron chi connectivity index (χ0n) is 7.76. The minimum atomic E-state index is 0.743. The number of alkyl halides is 1. The highest BCUT2D eigenvalue weighted by atomic mass is 79.9. The van der Waals surface area contributed by atoms with E-state index in [0.29, 0.717) is 0 Å². The smallest absolute Gasteiger partial charge is 0.123 e. The van der Waals surface area contributed by atoms with Crippen LogP contribution in [0.3, 0.4) is 0 Å². The molecule has 0 bridgehead atoms. The van der Waals surface area contributed by atoms with Crippen LogP contribution in [0.15, 0.2) is 12.1 Å². The summed E-state index contributed by atoms with van der Waals surface area (Å²) in [5.74, 6) is 1.62. The first-order valence-corrected chi connectivity index (χ1v) is 4.98. The summed E-state index contributed by atoms with van der Waals surface area (Å²) in [6, 6.07) is 3.80. The highest BCUT2D eigenvalue weighted by Crippen LogP contribution is 2.29. The van der Waals surface area contributed by atoms with E-state index in [4.69, 9.17) is 9.47 Å². The van der Waals surface area contributed by atoms with Crippen LogP contribution in [0.25, 0.3) is 0 Å². The Morgan fingerprint density at radius 3 is 2.31 bits per heavy atom. The number of ether oxygens (including phenoxy) is 2. The molecule has 0 aliphatic rings. The molecule has 0 spiro atoms. The molecular formula is C10H12BrO2. The van der Waals surface area contributed by atoms with Crippen molar-refractivity contribution in [2.24, 2.45) is 0 Å². The molecule has 0 aromatic heterocycles. The van der Waals surface area contributed by atoms with Gasteiger partial charge in [0.05, 0.1) is 14.2 Å². The average Bonchev–Trinajstić information content (AvgIpc) is 2.17. The Morgan fingerprint density at radius 2 is 1.85 bits per heavy atom. The third-order valence-electron chi connectivity index (χ3n) is 1.83. The molecule has 0 N–H and O–H groups in total. The standard InChI is InChI=1S/C10H12BrO2/c1-7-4-10(13-3)8(6-11)5-9(7)12-2/h4-5H,1,6H2,2-3H3. The zero-order chi connectivity index (χ0) is 9.84. The molecule has 1 aromatic rings. The molecule has 1 radical (unpaired) electrons. The van der Waals surface area contributed by atoms with Gasteiger partial charge in [-0.3, -0.25) is 0 Å². The van der Waals surface area contributed by atoms with E-state index in [1.54, 1.807) is 14.2 Å². The van der Waals surface area contributed by atoms with Crippen molar-refractivity contribution >= 4 is 15.9 Å². The second-order valence-corrected chi connectivity index (χ2v) is 3.17. The molecule has 0 aliphatic carbocycles. The second kappa shape index (κ2) is 4.51. The van der Waals surface area contributed by atoms with Gasteiger partial charge in [-0.2, -0.15) is 0 Å². The number of rotatable bonds is 3. The Kier molecular flexibility index (Phi) is 3.60. The maximum absolute atomic E-state index is 5.19. The molecule has 13 heavy (non-hydrogen) atoms. The fraction of sp³-hybridized carbons (Fsp3) is 0.300. The van der Waals surface area contributed by atoms with Crippen molar-refractivity contribution in [3.63, 3.8) is 0 Å². The van der Waals surface area contributed by atoms with Gasteiger partial charge in [0.15, 0.2) is 0 Å². The summed E-state index contributed by atoms with van der Waals surface area (Å²) in [4.78, 5) is 0. The van der Waals surface area contributed by atoms with Crippen molar-refractivity contribution in [2.45, 2.75) is 5.33 Å². The van der Waals surface area contributed by atoms with Crippen LogP contribution >= 0.6 is 15.9 Å². The van der Waals surface area contributed by atoms with E-state index in [1.165, 1.54) is 0 Å². The third kappa shape index (κ3) is 2.15. The number of hydrogen-bond donors (Lipinski definition) is 0. The molecule has 0 saturated heterocycles. The fourth-order valence-electron chi connectivity index (χ4n) is 1.13. The normalized spacial score (nSPS) is 9.85. The lowest BCUT2D eigenvalue weighted by molar-refractivity contribution is 0.399. The van der Waals surface area contributed by atoms with Gasteiger partial charge in [-0.1, -0.05) is 15.9 Å². The Balaban J connectivity index is 3.18. The second-order valence-electron chi connectivity index (χ2n) is 2.61. The fourth-order valence-corrected chi connectivity index (χ4v) is 1.57. The lowest BCUT2D eigenvalue weighted by Gasteiger charge is -2.10. The Hall–Kier alpha value is -0.700. The van der Waals surface area contributed by atoms with Crippen molar-refractivity contribution in [3.8, 4) is 11.5 Å². The van der Waals surface area contributed by atoms with Crippen LogP contribution in [0.1, 0.15) is 11.1 Å². The maximum atomic E-state index is 5.19. The molecule has 1 rings (SSSR count). The zero-order valence-corrected chi connectivity index (χ0v) is 9.35. The quantitative estimate of drug-likeness (QED) is 0.761. The molecule has 0 aliphatic heterocycles. The predicted molar refractivity (Wildman–Crippen MR) is 56.6 cm³/mol. The molecule has 0 atom stereocenters. The van der Waals surface area contributed by atoms with Crippen LogP contribution in [0, 0.1) is 6.92 Å². The van der Waals surface area contributed by atoms with E-state index in [1.807, 2.05) is 12.1 Å². The van der Waals surface area contributed by atoms with Gasteiger partial charge in [0.2, 0.25) is 0 Å². The largest absolute Gasteiger partial charge is 0.496 e. The van der Waals surface area contributed by atoms with Gasteiger partial charge in [-0.05, 0) is 24.6 Å². The van der Waals surface area contributed by atoms with Crippen LogP contribution in [-0.2, 0) is 5.33 Å². The first-order valence-electron chi connectivity index (χ1n) is 3.85. The molecule has 71 valence electrons. The molecule has 2 nitrogen and oxygen atoms in total. The Labute approximate surface area is 87.0 Å². The molecule has 0 heterocycles. The average molecular weight is 244 g/mol. The van der Waals surface area contributed by atoms with Gasteiger partial charge >= 0.3 is 0 Å². The van der Waals surface area contributed by atoms with E-state index in [9.17, 15) is 0 Å². The highest BCUT2D eigenvalue weighted by Gasteiger charge is 2.06. The summed E-state index contributed by atoms with van der Waals surface area (Å²) < 4.78 is 10.3. The van der Waals surface area contributed by atoms with Crippen LogP contribution in [0.5, 0.6) is 11.5 Å². The summed E-state index contributed by atoms with van der Waals surface area (Å²) in [5.41, 5.74) is 1.90. The molecule has 1 aromatic carbocycles. The topological polar surface area (TPSA) is 18.5 Å². The number of benzene rings is 1. The molecule has 0 amide bonds. The summed E-state index contributed by atoms with van der Waals surface area (Å²) in [6.45, 7) is 3.86. The van der Waals surface area contributed by atoms with Crippen molar-refractivity contribution in [2.75, 3.05) is 14.2 Å². The van der Waals surface area contributed by atoms with E-state index in [-0.39, 0.29) is 0 Å². The van der Waals surface area contributed by atoms with Crippen molar-refractivity contribution in [3.05, 3.63) is 30.2 Å². The summed E-state index contributed by atoms with van der Waals surface area (Å²) in [6.07, 6.45) is 0. The number of methoxy groups -OCH3 is 2. The van der Waals surface area contributed by atoms with Crippen molar-refractivity contribution < 1.29 is 9.47 Å². The first-order chi connectivity index (χ1) is 6.22. The van der Waals surface area contributed by atoms with E-state index in [2.05, 4.69) is 22.9 Å². The summed E-state index contributed by atoms with van der Waals surface area (Å²) in [7, 11) is 3.28. The minimum absolute atomic E-state index is 0.743. The molecule has 0 fully saturated rings. The maximum Gasteiger partial charge on any atom is 0.123 e. The van der Waals surface area contributed by atoms with Gasteiger partial charge in [-0.25, -0.2) is 0 Å². The molecule has 0 unspecified atom stereocenters. The van der Waals surface area contributed by atoms with Gasteiger partial charge < -0.3 is 9.47 Å². The highest BCUT2D eigenvalue weighted by molar-refractivity contribution is 9.08. The van der Waals surface area contributed by atoms with Gasteiger partial charge in [0, 0.05) is 10.9 Å². The lowest BCUT2D eigenvalue weighted by atomic mass is 10.1. The number of hydrogen-bond acceptors (Lipinski definition) is 2. The van der Waals surface area contributed by atoms with Crippen molar-refractivity contribution in [1.82, 2.24) is 0 Å². The first kappa shape index (κ1) is 10.4. The van der Waals surface area contributed by atoms with E-state index >= 15 is 0 Å². The number of halogens is 1. The van der Waals surface area contributed by atoms with Gasteiger partial charge in [0.25, 0.3) is 0 Å². The lowest BCUT2D eigenvalue weighted by Crippen LogP contribution is -1.94. The van der Waals surface area contributed by atoms with Gasteiger partial charge in [0.1, 0.15) is 11.5 Å². The SMILES string of the molecule is [CH2]c1cc(OC)c(CBr)cc1OC. The van der Waals surface area contributed by atoms with Crippen LogP contribution in [-0.4, -0.2) is 14.2 Å². The molecule has 0 saturated carbocycles. The summed E-state index contributed by atoms with van der Waals surface area (Å²) in [5, 5.41) is 0.743. The molecular weight excluding hydrogens is 232 g/mol. The molecule has 3 heteroatoms. The third-order valence-corrected chi connectivity index (χ3v) is 2.43. The Morgan fingerprint density at radius 1 is 1.23 bits per heavy atom. The summed E-state index contributed by atoms with van der Waals surface area (Å²) >= 11 is 3.38.